The third-order valence-electron chi connectivity index (χ3n) is 20.3. The van der Waals surface area contributed by atoms with Crippen LogP contribution >= 0.6 is 0 Å². The number of esters is 1. The van der Waals surface area contributed by atoms with E-state index in [1.165, 1.54) is 26.7 Å². The number of aliphatic hydroxyl groups is 6. The highest BCUT2D eigenvalue weighted by Gasteiger charge is 2.83. The van der Waals surface area contributed by atoms with E-state index in [2.05, 4.69) is 19.9 Å². The van der Waals surface area contributed by atoms with Crippen LogP contribution in [-0.4, -0.2) is 237 Å². The molecule has 11 aliphatic rings. The van der Waals surface area contributed by atoms with Crippen LogP contribution in [0.2, 0.25) is 0 Å². The van der Waals surface area contributed by atoms with Crippen LogP contribution in [0.25, 0.3) is 0 Å². The van der Waals surface area contributed by atoms with Crippen molar-refractivity contribution in [1.29, 1.82) is 0 Å². The maximum absolute atomic E-state index is 12.4. The Bertz CT molecular complexity index is 2180. The van der Waals surface area contributed by atoms with Crippen LogP contribution in [0.3, 0.4) is 0 Å². The summed E-state index contributed by atoms with van der Waals surface area (Å²) in [5.74, 6) is -1.28. The number of aliphatic hydroxyl groups excluding tert-OH is 6. The standard InChI is InChI=1S/C56H88O24/c1-24-45(33(59)18-38(69-24)73-30-13-16-55(23-67-28(5)58)29(17-30)11-12-32-31(55)14-15-53(6)50-37-22-68-54(50,7)80-56(32,53)79-37)75-39-19-34(64-8)46(25(2)70-39)76-40-20-35(65-9)47(26(3)71-40)77-52-44(63)49(66-10)48(27(4)72-52)78-51-43(62)42(61)41(60)36(21-57)74-51/h11,24-27,30-52,57,59-63H,12-23H2,1-10H3/t24-,25-,26-,27-,30+,31+,32-,33-,34+,35-,36-,37-,38+,39+,40+,41-,42+,43-,44-,45-,46-,47-,48-,49-,50+,51+,52+,53-,54+,55-,56+/m1/s1. The minimum absolute atomic E-state index is 0.0126. The Balaban J connectivity index is 0.665. The molecule has 0 radical (unpaired) electrons. The predicted octanol–water partition coefficient (Wildman–Crippen LogP) is 1.21. The molecule has 0 aromatic carbocycles. The molecule has 0 amide bonds. The zero-order valence-corrected chi connectivity index (χ0v) is 47.7. The number of hydrogen-bond donors (Lipinski definition) is 6. The van der Waals surface area contributed by atoms with Gasteiger partial charge in [-0.25, -0.2) is 0 Å². The SMILES string of the molecule is CO[C@@H]1[C@@H](O)[C@H](O[C@@H]2[C@@H](C)O[C@@H](O[C@H]3[C@@H](OC)C[C@H](O[C@H]4[C@H](O)C[C@H](O[C@H]5CC[C@@]6(COC(C)=O)C(=CC[C@@H]7[C@@H]6CC[C@]6(C)[C@@H]8[C@H]9CO[C@@]8(C)O[C@@]76O9)C5)O[C@@H]4C)O[C@@H]3C)C[C@H]2OC)O[C@H](C)[C@H]1O[C@@H]1O[C@H](CO)[C@@H](O)[C@H](O)[C@H]1O. The van der Waals surface area contributed by atoms with Crippen molar-refractivity contribution in [1.82, 2.24) is 0 Å². The highest BCUT2D eigenvalue weighted by molar-refractivity contribution is 5.66. The van der Waals surface area contributed by atoms with E-state index in [-0.39, 0.29) is 66.0 Å². The second kappa shape index (κ2) is 23.2. The lowest BCUT2D eigenvalue weighted by atomic mass is 9.47. The van der Waals surface area contributed by atoms with Crippen molar-refractivity contribution in [3.63, 3.8) is 0 Å². The first kappa shape index (κ1) is 60.0. The summed E-state index contributed by atoms with van der Waals surface area (Å²) in [4.78, 5) is 12.4. The number of rotatable bonds is 16. The minimum Gasteiger partial charge on any atom is -0.465 e. The summed E-state index contributed by atoms with van der Waals surface area (Å²) in [6.45, 7) is 13.2. The van der Waals surface area contributed by atoms with E-state index < -0.39 is 153 Å². The summed E-state index contributed by atoms with van der Waals surface area (Å²) in [5, 5.41) is 64.1. The lowest BCUT2D eigenvalue weighted by Gasteiger charge is -2.60. The van der Waals surface area contributed by atoms with Crippen LogP contribution in [-0.2, 0) is 85.3 Å². The number of carbonyl (C=O) groups is 1. The zero-order valence-electron chi connectivity index (χ0n) is 47.7. The van der Waals surface area contributed by atoms with E-state index >= 15 is 0 Å². The molecule has 2 bridgehead atoms. The van der Waals surface area contributed by atoms with Gasteiger partial charge in [0.2, 0.25) is 0 Å². The van der Waals surface area contributed by atoms with E-state index in [9.17, 15) is 35.4 Å². The normalized spacial score (nSPS) is 54.5. The van der Waals surface area contributed by atoms with Crippen molar-refractivity contribution in [2.24, 2.45) is 28.6 Å². The van der Waals surface area contributed by atoms with Gasteiger partial charge in [0.15, 0.2) is 43.0 Å². The van der Waals surface area contributed by atoms with Crippen molar-refractivity contribution in [3.05, 3.63) is 11.6 Å². The fraction of sp³-hybridized carbons (Fsp3) is 0.946. The lowest BCUT2D eigenvalue weighted by Crippen LogP contribution is -2.65. The number of hydrogen-bond acceptors (Lipinski definition) is 24. The van der Waals surface area contributed by atoms with Crippen molar-refractivity contribution in [2.45, 2.75) is 265 Å². The molecule has 80 heavy (non-hydrogen) atoms. The highest BCUT2D eigenvalue weighted by Crippen LogP contribution is 2.76. The van der Waals surface area contributed by atoms with Crippen LogP contribution in [0, 0.1) is 28.6 Å². The minimum atomic E-state index is -1.67. The monoisotopic (exact) mass is 1140 g/mol. The largest absolute Gasteiger partial charge is 0.465 e. The van der Waals surface area contributed by atoms with Gasteiger partial charge in [-0.05, 0) is 79.1 Å². The van der Waals surface area contributed by atoms with Gasteiger partial charge in [0.05, 0.1) is 74.1 Å². The Morgan fingerprint density at radius 3 is 1.90 bits per heavy atom. The number of allylic oxidation sites excluding steroid dienone is 1. The van der Waals surface area contributed by atoms with Crippen molar-refractivity contribution >= 4 is 5.97 Å². The average molecular weight is 1150 g/mol. The van der Waals surface area contributed by atoms with Gasteiger partial charge >= 0.3 is 5.97 Å². The fourth-order valence-corrected chi connectivity index (χ4v) is 16.5. The summed E-state index contributed by atoms with van der Waals surface area (Å²) in [5.41, 5.74) is 0.689. The van der Waals surface area contributed by atoms with Gasteiger partial charge in [0, 0.05) is 64.3 Å². The molecule has 456 valence electrons. The molecule has 0 unspecified atom stereocenters. The molecule has 8 heterocycles. The number of ether oxygens (including phenoxy) is 17. The first-order chi connectivity index (χ1) is 38.1. The second-order valence-electron chi connectivity index (χ2n) is 24.9. The summed E-state index contributed by atoms with van der Waals surface area (Å²) in [7, 11) is 4.49. The molecule has 8 saturated heterocycles. The second-order valence-corrected chi connectivity index (χ2v) is 24.9. The molecule has 24 heteroatoms. The third kappa shape index (κ3) is 10.3. The van der Waals surface area contributed by atoms with Crippen LogP contribution in [0.15, 0.2) is 11.6 Å². The lowest BCUT2D eigenvalue weighted by molar-refractivity contribution is -0.374. The summed E-state index contributed by atoms with van der Waals surface area (Å²) in [6, 6.07) is 0. The van der Waals surface area contributed by atoms with E-state index in [0.717, 1.165) is 32.1 Å². The highest BCUT2D eigenvalue weighted by atomic mass is 16.8. The molecule has 3 aliphatic carbocycles. The van der Waals surface area contributed by atoms with E-state index in [4.69, 9.17) is 80.5 Å². The molecule has 11 rings (SSSR count). The Kier molecular flexibility index (Phi) is 17.4. The molecule has 24 nitrogen and oxygen atoms in total. The van der Waals surface area contributed by atoms with Gasteiger partial charge in [0.1, 0.15) is 67.6 Å². The number of carbonyl (C=O) groups excluding carboxylic acids is 1. The summed E-state index contributed by atoms with van der Waals surface area (Å²) >= 11 is 0. The van der Waals surface area contributed by atoms with Crippen molar-refractivity contribution in [3.8, 4) is 0 Å². The van der Waals surface area contributed by atoms with Crippen molar-refractivity contribution in [2.75, 3.05) is 41.2 Å². The molecule has 0 aromatic rings. The van der Waals surface area contributed by atoms with E-state index in [1.54, 1.807) is 21.0 Å². The van der Waals surface area contributed by atoms with Crippen LogP contribution in [0.5, 0.6) is 0 Å². The molecule has 31 atom stereocenters. The smallest absolute Gasteiger partial charge is 0.302 e. The maximum Gasteiger partial charge on any atom is 0.302 e. The van der Waals surface area contributed by atoms with Gasteiger partial charge in [-0.3, -0.25) is 4.79 Å². The van der Waals surface area contributed by atoms with Gasteiger partial charge in [-0.2, -0.15) is 0 Å². The molecule has 2 saturated carbocycles. The zero-order chi connectivity index (χ0) is 57.0. The molecule has 0 aromatic heterocycles. The molecule has 10 fully saturated rings. The Morgan fingerprint density at radius 1 is 0.662 bits per heavy atom. The predicted molar refractivity (Wildman–Crippen MR) is 270 cm³/mol. The number of methoxy groups -OCH3 is 3. The van der Waals surface area contributed by atoms with E-state index in [0.29, 0.717) is 19.6 Å². The quantitative estimate of drug-likeness (QED) is 0.0935. The molecular formula is C56H88O24. The first-order valence-electron chi connectivity index (χ1n) is 29.1. The molecule has 8 aliphatic heterocycles. The Hall–Kier alpha value is -1.67. The summed E-state index contributed by atoms with van der Waals surface area (Å²) in [6.07, 6.45) is -13.5. The molecule has 0 spiro atoms. The van der Waals surface area contributed by atoms with Crippen LogP contribution < -0.4 is 0 Å². The van der Waals surface area contributed by atoms with Crippen molar-refractivity contribution < 1.29 is 116 Å². The fourth-order valence-electron chi connectivity index (χ4n) is 16.5. The molecular weight excluding hydrogens is 1060 g/mol. The van der Waals surface area contributed by atoms with Crippen LogP contribution in [0.4, 0.5) is 0 Å². The third-order valence-corrected chi connectivity index (χ3v) is 20.3. The Morgan fingerprint density at radius 2 is 1.27 bits per heavy atom. The van der Waals surface area contributed by atoms with Gasteiger partial charge < -0.3 is 111 Å². The van der Waals surface area contributed by atoms with Crippen LogP contribution in [0.1, 0.15) is 106 Å². The van der Waals surface area contributed by atoms with E-state index in [1.807, 2.05) is 13.8 Å². The van der Waals surface area contributed by atoms with Gasteiger partial charge in [0.25, 0.3) is 0 Å². The van der Waals surface area contributed by atoms with Gasteiger partial charge in [-0.1, -0.05) is 18.6 Å². The Labute approximate surface area is 467 Å². The maximum atomic E-state index is 12.4. The summed E-state index contributed by atoms with van der Waals surface area (Å²) < 4.78 is 107. The topological polar surface area (TPSA) is 295 Å². The average Bonchev–Trinajstić information content (AvgIpc) is 4.14. The van der Waals surface area contributed by atoms with Gasteiger partial charge in [-0.15, -0.1) is 0 Å². The number of fused-ring (bicyclic) bond motifs is 3. The first-order valence-corrected chi connectivity index (χ1v) is 29.1. The molecule has 6 N–H and O–H groups in total.